The molecule has 124 valence electrons. The third kappa shape index (κ3) is 3.78. The van der Waals surface area contributed by atoms with Gasteiger partial charge < -0.3 is 10.0 Å². The van der Waals surface area contributed by atoms with Gasteiger partial charge in [-0.3, -0.25) is 4.55 Å². The van der Waals surface area contributed by atoms with E-state index in [9.17, 15) is 8.42 Å². The van der Waals surface area contributed by atoms with E-state index in [0.717, 1.165) is 20.9 Å². The Morgan fingerprint density at radius 3 is 2.57 bits per heavy atom. The summed E-state index contributed by atoms with van der Waals surface area (Å²) in [4.78, 5) is 0. The lowest BCUT2D eigenvalue weighted by Gasteiger charge is -2.04. The number of rotatable bonds is 5. The first-order valence-electron chi connectivity index (χ1n) is 6.96. The molecule has 0 saturated heterocycles. The van der Waals surface area contributed by atoms with E-state index in [1.807, 2.05) is 48.1 Å². The molecule has 8 heteroatoms. The number of benzene rings is 1. The number of fused-ring (bicyclic) bond motifs is 1. The monoisotopic (exact) mass is 354 g/mol. The molecule has 23 heavy (non-hydrogen) atoms. The fourth-order valence-corrected chi connectivity index (χ4v) is 4.18. The van der Waals surface area contributed by atoms with Gasteiger partial charge in [0.2, 0.25) is 10.5 Å². The summed E-state index contributed by atoms with van der Waals surface area (Å²) in [5.41, 5.74) is 2.16. The highest BCUT2D eigenvalue weighted by Crippen LogP contribution is 2.25. The zero-order valence-electron chi connectivity index (χ0n) is 12.6. The van der Waals surface area contributed by atoms with E-state index in [0.29, 0.717) is 13.0 Å². The lowest BCUT2D eigenvalue weighted by atomic mass is 10.2. The smallest absolute Gasteiger partial charge is 0.265 e. The summed E-state index contributed by atoms with van der Waals surface area (Å²) in [7, 11) is -3.91. The van der Waals surface area contributed by atoms with Gasteiger partial charge in [0.25, 0.3) is 10.1 Å². The second-order valence-corrected chi connectivity index (χ2v) is 7.93. The molecule has 3 aromatic rings. The third-order valence-electron chi connectivity index (χ3n) is 3.55. The van der Waals surface area contributed by atoms with E-state index in [1.165, 1.54) is 0 Å². The second kappa shape index (κ2) is 6.79. The first-order chi connectivity index (χ1) is 10.5. The van der Waals surface area contributed by atoms with Crippen LogP contribution in [-0.2, 0) is 16.7 Å². The number of hydrogen-bond donors (Lipinski definition) is 1. The standard InChI is InChI=1S/C15H16N2O3S2.H2O/c1-12-17(10-5-11-22(18,19)20)15-13(16-8-2-3-9-16)6-4-7-14(15)21-12;/h2-4,6-9H,5,10-11H2,1H3;1H2. The molecular formula is C15H18N2O4S2. The number of aryl methyl sites for hydroxylation is 2. The van der Waals surface area contributed by atoms with E-state index in [2.05, 4.69) is 10.6 Å². The van der Waals surface area contributed by atoms with Crippen LogP contribution in [0.15, 0.2) is 42.7 Å². The van der Waals surface area contributed by atoms with Crippen molar-refractivity contribution in [2.45, 2.75) is 19.9 Å². The van der Waals surface area contributed by atoms with Gasteiger partial charge in [-0.1, -0.05) is 17.4 Å². The Morgan fingerprint density at radius 1 is 1.22 bits per heavy atom. The molecule has 2 aromatic heterocycles. The molecule has 0 saturated carbocycles. The Morgan fingerprint density at radius 2 is 1.91 bits per heavy atom. The summed E-state index contributed by atoms with van der Waals surface area (Å²) in [6.45, 7) is 2.58. The van der Waals surface area contributed by atoms with Gasteiger partial charge in [-0.05, 0) is 24.3 Å². The number of nitrogens with zero attached hydrogens (tertiary/aromatic N) is 2. The van der Waals surface area contributed by atoms with Gasteiger partial charge in [-0.25, -0.2) is 0 Å². The van der Waals surface area contributed by atoms with Crippen LogP contribution in [0.25, 0.3) is 15.9 Å². The molecule has 0 fully saturated rings. The topological polar surface area (TPSA) is 93.2 Å². The van der Waals surface area contributed by atoms with Crippen LogP contribution in [-0.4, -0.2) is 28.8 Å². The molecule has 0 bridgehead atoms. The van der Waals surface area contributed by atoms with Crippen molar-refractivity contribution in [3.63, 3.8) is 0 Å². The lowest BCUT2D eigenvalue weighted by Crippen LogP contribution is -2.36. The van der Waals surface area contributed by atoms with Gasteiger partial charge in [0.1, 0.15) is 10.4 Å². The van der Waals surface area contributed by atoms with Gasteiger partial charge >= 0.3 is 0 Å². The summed E-state index contributed by atoms with van der Waals surface area (Å²) in [5.74, 6) is -0.220. The number of para-hydroxylation sites is 1. The predicted molar refractivity (Wildman–Crippen MR) is 89.1 cm³/mol. The van der Waals surface area contributed by atoms with Crippen molar-refractivity contribution < 1.29 is 23.0 Å². The van der Waals surface area contributed by atoms with E-state index < -0.39 is 10.1 Å². The summed E-state index contributed by atoms with van der Waals surface area (Å²) in [6, 6.07) is 10.1. The molecule has 0 unspecified atom stereocenters. The third-order valence-corrected chi connectivity index (χ3v) is 5.42. The van der Waals surface area contributed by atoms with Crippen LogP contribution in [0.3, 0.4) is 0 Å². The Hall–Kier alpha value is -1.74. The Balaban J connectivity index is 0.00000192. The zero-order valence-corrected chi connectivity index (χ0v) is 14.2. The average Bonchev–Trinajstić information content (AvgIpc) is 3.05. The Bertz CT molecular complexity index is 899. The van der Waals surface area contributed by atoms with Crippen molar-refractivity contribution in [3.8, 4) is 5.69 Å². The molecule has 0 atom stereocenters. The molecule has 3 rings (SSSR count). The van der Waals surface area contributed by atoms with Crippen LogP contribution in [0.2, 0.25) is 0 Å². The summed E-state index contributed by atoms with van der Waals surface area (Å²) >= 11 is 1.69. The van der Waals surface area contributed by atoms with Gasteiger partial charge in [0.15, 0.2) is 6.54 Å². The maximum Gasteiger partial charge on any atom is 0.265 e. The molecular weight excluding hydrogens is 336 g/mol. The van der Waals surface area contributed by atoms with Gasteiger partial charge in [-0.15, -0.1) is 0 Å². The maximum absolute atomic E-state index is 10.9. The van der Waals surface area contributed by atoms with E-state index in [4.69, 9.17) is 4.55 Å². The van der Waals surface area contributed by atoms with E-state index in [1.54, 1.807) is 11.3 Å². The van der Waals surface area contributed by atoms with Crippen LogP contribution < -0.4 is 4.57 Å². The minimum absolute atomic E-state index is 0. The van der Waals surface area contributed by atoms with Crippen molar-refractivity contribution >= 4 is 31.7 Å². The lowest BCUT2D eigenvalue weighted by molar-refractivity contribution is -0.672. The van der Waals surface area contributed by atoms with Crippen molar-refractivity contribution in [2.75, 3.05) is 5.75 Å². The number of aromatic nitrogens is 2. The Kier molecular flexibility index (Phi) is 5.20. The molecule has 0 amide bonds. The molecule has 0 spiro atoms. The molecule has 2 N–H and O–H groups in total. The predicted octanol–water partition coefficient (Wildman–Crippen LogP) is 2.39. The average molecular weight is 354 g/mol. The highest BCUT2D eigenvalue weighted by atomic mass is 32.2. The minimum atomic E-state index is -3.91. The Labute approximate surface area is 138 Å². The minimum Gasteiger partial charge on any atom is -0.870 e. The highest BCUT2D eigenvalue weighted by molar-refractivity contribution is 7.85. The summed E-state index contributed by atoms with van der Waals surface area (Å²) in [6.07, 6.45) is 4.37. The normalized spacial score (nSPS) is 11.6. The largest absolute Gasteiger partial charge is 0.870 e. The molecule has 0 aliphatic heterocycles. The molecule has 0 aliphatic carbocycles. The quantitative estimate of drug-likeness (QED) is 0.562. The first-order valence-corrected chi connectivity index (χ1v) is 9.39. The summed E-state index contributed by atoms with van der Waals surface area (Å²) in [5, 5.41) is 1.12. The maximum atomic E-state index is 10.9. The van der Waals surface area contributed by atoms with Gasteiger partial charge in [0, 0.05) is 25.7 Å². The van der Waals surface area contributed by atoms with Crippen molar-refractivity contribution in [1.82, 2.24) is 4.57 Å². The van der Waals surface area contributed by atoms with E-state index in [-0.39, 0.29) is 11.2 Å². The fourth-order valence-electron chi connectivity index (χ4n) is 2.61. The van der Waals surface area contributed by atoms with Crippen LogP contribution >= 0.6 is 11.3 Å². The van der Waals surface area contributed by atoms with Crippen LogP contribution in [0.4, 0.5) is 0 Å². The van der Waals surface area contributed by atoms with Crippen molar-refractivity contribution in [3.05, 3.63) is 47.7 Å². The molecule has 2 heterocycles. The SMILES string of the molecule is Cc1sc2cccc(-n3cccc3)c2[n+]1CCCS(=O)(=O)O.[OH-]. The fraction of sp³-hybridized carbons (Fsp3) is 0.267. The summed E-state index contributed by atoms with van der Waals surface area (Å²) < 4.78 is 36.0. The van der Waals surface area contributed by atoms with Crippen molar-refractivity contribution in [2.24, 2.45) is 0 Å². The number of hydrogen-bond acceptors (Lipinski definition) is 4. The first kappa shape index (κ1) is 17.6. The van der Waals surface area contributed by atoms with Gasteiger partial charge in [-0.2, -0.15) is 13.0 Å². The molecule has 1 aromatic carbocycles. The second-order valence-electron chi connectivity index (χ2n) is 5.13. The molecule has 6 nitrogen and oxygen atoms in total. The zero-order chi connectivity index (χ0) is 15.7. The van der Waals surface area contributed by atoms with Crippen molar-refractivity contribution in [1.29, 1.82) is 0 Å². The van der Waals surface area contributed by atoms with Crippen LogP contribution in [0.5, 0.6) is 0 Å². The van der Waals surface area contributed by atoms with Crippen LogP contribution in [0.1, 0.15) is 11.4 Å². The highest BCUT2D eigenvalue weighted by Gasteiger charge is 2.21. The van der Waals surface area contributed by atoms with Gasteiger partial charge in [0.05, 0.1) is 5.75 Å². The van der Waals surface area contributed by atoms with Crippen LogP contribution in [0, 0.1) is 6.92 Å². The van der Waals surface area contributed by atoms with E-state index >= 15 is 0 Å². The molecule has 0 radical (unpaired) electrons. The number of thiazole rings is 1. The molecule has 0 aliphatic rings.